The fraction of sp³-hybridized carbons (Fsp3) is 0.692. The summed E-state index contributed by atoms with van der Waals surface area (Å²) in [5.74, 6) is 0.618. The monoisotopic (exact) mass is 253 g/mol. The smallest absolute Gasteiger partial charge is 0.251 e. The van der Waals surface area contributed by atoms with Gasteiger partial charge in [-0.25, -0.2) is 4.98 Å². The lowest BCUT2D eigenvalue weighted by Crippen LogP contribution is -2.25. The number of aromatic nitrogens is 2. The molecule has 1 aromatic rings. The van der Waals surface area contributed by atoms with Gasteiger partial charge >= 0.3 is 0 Å². The first-order valence-electron chi connectivity index (χ1n) is 6.51. The maximum atomic E-state index is 11.6. The van der Waals surface area contributed by atoms with Gasteiger partial charge in [-0.2, -0.15) is 0 Å². The quantitative estimate of drug-likeness (QED) is 0.777. The molecule has 1 unspecified atom stereocenters. The Morgan fingerprint density at radius 1 is 1.44 bits per heavy atom. The van der Waals surface area contributed by atoms with E-state index in [-0.39, 0.29) is 11.7 Å². The molecule has 1 heterocycles. The van der Waals surface area contributed by atoms with Crippen LogP contribution in [0.15, 0.2) is 10.9 Å². The van der Waals surface area contributed by atoms with E-state index in [0.717, 1.165) is 12.1 Å². The summed E-state index contributed by atoms with van der Waals surface area (Å²) < 4.78 is 5.56. The van der Waals surface area contributed by atoms with E-state index in [1.807, 2.05) is 13.8 Å². The van der Waals surface area contributed by atoms with E-state index in [1.54, 1.807) is 0 Å². The Morgan fingerprint density at radius 3 is 2.72 bits per heavy atom. The molecule has 0 aromatic carbocycles. The molecule has 0 bridgehead atoms. The fourth-order valence-corrected chi connectivity index (χ4v) is 1.67. The van der Waals surface area contributed by atoms with Gasteiger partial charge < -0.3 is 15.0 Å². The number of nitrogens with zero attached hydrogens (tertiary/aromatic N) is 1. The molecule has 1 atom stereocenters. The third kappa shape index (κ3) is 4.58. The van der Waals surface area contributed by atoms with Crippen LogP contribution in [0.25, 0.3) is 0 Å². The highest BCUT2D eigenvalue weighted by Gasteiger charge is 2.13. The van der Waals surface area contributed by atoms with Crippen LogP contribution in [-0.2, 0) is 11.3 Å². The molecule has 1 aromatic heterocycles. The maximum absolute atomic E-state index is 11.6. The molecule has 0 saturated carbocycles. The van der Waals surface area contributed by atoms with Gasteiger partial charge in [-0.05, 0) is 13.3 Å². The molecule has 2 N–H and O–H groups in total. The van der Waals surface area contributed by atoms with Crippen LogP contribution in [0.4, 0.5) is 0 Å². The average Bonchev–Trinajstić information content (AvgIpc) is 2.32. The van der Waals surface area contributed by atoms with Crippen LogP contribution in [0.3, 0.4) is 0 Å². The SMILES string of the molecule is CCOC(CC)c1nc(CNC(C)C)cc(=O)[nH]1. The highest BCUT2D eigenvalue weighted by atomic mass is 16.5. The third-order valence-corrected chi connectivity index (χ3v) is 2.55. The lowest BCUT2D eigenvalue weighted by molar-refractivity contribution is 0.0531. The van der Waals surface area contributed by atoms with Gasteiger partial charge in [0.15, 0.2) is 0 Å². The standard InChI is InChI=1S/C13H23N3O2/c1-5-11(18-6-2)13-15-10(7-12(17)16-13)8-14-9(3)4/h7,9,11,14H,5-6,8H2,1-4H3,(H,15,16,17). The zero-order valence-electron chi connectivity index (χ0n) is 11.6. The second-order valence-electron chi connectivity index (χ2n) is 4.51. The van der Waals surface area contributed by atoms with Crippen molar-refractivity contribution in [3.05, 3.63) is 27.9 Å². The van der Waals surface area contributed by atoms with Gasteiger partial charge in [0.05, 0.1) is 5.69 Å². The van der Waals surface area contributed by atoms with E-state index in [1.165, 1.54) is 6.07 Å². The summed E-state index contributed by atoms with van der Waals surface area (Å²) >= 11 is 0. The molecule has 1 rings (SSSR count). The summed E-state index contributed by atoms with van der Waals surface area (Å²) in [5, 5.41) is 3.25. The van der Waals surface area contributed by atoms with Crippen molar-refractivity contribution in [2.75, 3.05) is 6.61 Å². The number of H-pyrrole nitrogens is 1. The fourth-order valence-electron chi connectivity index (χ4n) is 1.67. The molecule has 18 heavy (non-hydrogen) atoms. The van der Waals surface area contributed by atoms with Crippen molar-refractivity contribution in [3.63, 3.8) is 0 Å². The van der Waals surface area contributed by atoms with Crippen molar-refractivity contribution < 1.29 is 4.74 Å². The molecule has 0 radical (unpaired) electrons. The number of hydrogen-bond acceptors (Lipinski definition) is 4. The summed E-state index contributed by atoms with van der Waals surface area (Å²) in [6, 6.07) is 1.89. The zero-order chi connectivity index (χ0) is 13.5. The normalized spacial score (nSPS) is 12.9. The first kappa shape index (κ1) is 14.9. The predicted octanol–water partition coefficient (Wildman–Crippen LogP) is 1.76. The van der Waals surface area contributed by atoms with Crippen LogP contribution in [0.5, 0.6) is 0 Å². The van der Waals surface area contributed by atoms with E-state index < -0.39 is 0 Å². The molecule has 5 heteroatoms. The molecule has 102 valence electrons. The first-order chi connectivity index (χ1) is 8.56. The average molecular weight is 253 g/mol. The van der Waals surface area contributed by atoms with Gasteiger partial charge in [0.1, 0.15) is 11.9 Å². The highest BCUT2D eigenvalue weighted by molar-refractivity contribution is 5.04. The van der Waals surface area contributed by atoms with Crippen LogP contribution in [-0.4, -0.2) is 22.6 Å². The summed E-state index contributed by atoms with van der Waals surface area (Å²) in [6.45, 7) is 9.27. The topological polar surface area (TPSA) is 67.0 Å². The van der Waals surface area contributed by atoms with Crippen LogP contribution < -0.4 is 10.9 Å². The molecular formula is C13H23N3O2. The number of hydrogen-bond donors (Lipinski definition) is 2. The maximum Gasteiger partial charge on any atom is 0.251 e. The number of ether oxygens (including phenoxy) is 1. The van der Waals surface area contributed by atoms with Crippen LogP contribution in [0, 0.1) is 0 Å². The molecule has 0 amide bonds. The van der Waals surface area contributed by atoms with E-state index >= 15 is 0 Å². The lowest BCUT2D eigenvalue weighted by Gasteiger charge is -2.15. The Bertz CT molecular complexity index is 415. The van der Waals surface area contributed by atoms with Crippen molar-refractivity contribution in [2.24, 2.45) is 0 Å². The van der Waals surface area contributed by atoms with E-state index in [2.05, 4.69) is 29.1 Å². The number of aromatic amines is 1. The molecule has 0 spiro atoms. The minimum absolute atomic E-state index is 0.126. The highest BCUT2D eigenvalue weighted by Crippen LogP contribution is 2.15. The van der Waals surface area contributed by atoms with Crippen LogP contribution in [0.1, 0.15) is 51.7 Å². The molecule has 0 aliphatic rings. The minimum Gasteiger partial charge on any atom is -0.371 e. The second-order valence-corrected chi connectivity index (χ2v) is 4.51. The van der Waals surface area contributed by atoms with E-state index in [0.29, 0.717) is 25.0 Å². The van der Waals surface area contributed by atoms with E-state index in [9.17, 15) is 4.79 Å². The van der Waals surface area contributed by atoms with Crippen LogP contribution >= 0.6 is 0 Å². The van der Waals surface area contributed by atoms with Crippen molar-refractivity contribution in [3.8, 4) is 0 Å². The molecular weight excluding hydrogens is 230 g/mol. The Morgan fingerprint density at radius 2 is 2.17 bits per heavy atom. The Kier molecular flexibility index (Phi) is 6.01. The molecule has 0 aliphatic carbocycles. The number of nitrogens with one attached hydrogen (secondary N) is 2. The summed E-state index contributed by atoms with van der Waals surface area (Å²) in [7, 11) is 0. The van der Waals surface area contributed by atoms with Crippen molar-refractivity contribution in [1.82, 2.24) is 15.3 Å². The second kappa shape index (κ2) is 7.28. The molecule has 0 fully saturated rings. The van der Waals surface area contributed by atoms with E-state index in [4.69, 9.17) is 4.74 Å². The Balaban J connectivity index is 2.88. The Hall–Kier alpha value is -1.20. The Labute approximate surface area is 108 Å². The first-order valence-corrected chi connectivity index (χ1v) is 6.51. The van der Waals surface area contributed by atoms with Gasteiger partial charge in [0.25, 0.3) is 5.56 Å². The molecule has 5 nitrogen and oxygen atoms in total. The minimum atomic E-state index is -0.137. The number of rotatable bonds is 7. The predicted molar refractivity (Wildman–Crippen MR) is 71.5 cm³/mol. The van der Waals surface area contributed by atoms with Gasteiger partial charge in [0.2, 0.25) is 0 Å². The molecule has 0 saturated heterocycles. The largest absolute Gasteiger partial charge is 0.371 e. The van der Waals surface area contributed by atoms with Crippen molar-refractivity contribution in [1.29, 1.82) is 0 Å². The van der Waals surface area contributed by atoms with Gasteiger partial charge in [0, 0.05) is 25.3 Å². The lowest BCUT2D eigenvalue weighted by atomic mass is 10.2. The van der Waals surface area contributed by atoms with Gasteiger partial charge in [-0.15, -0.1) is 0 Å². The summed E-state index contributed by atoms with van der Waals surface area (Å²) in [4.78, 5) is 18.8. The third-order valence-electron chi connectivity index (χ3n) is 2.55. The van der Waals surface area contributed by atoms with Crippen molar-refractivity contribution >= 4 is 0 Å². The summed E-state index contributed by atoms with van der Waals surface area (Å²) in [5.41, 5.74) is 0.624. The van der Waals surface area contributed by atoms with Crippen molar-refractivity contribution in [2.45, 2.75) is 52.8 Å². The van der Waals surface area contributed by atoms with Gasteiger partial charge in [-0.3, -0.25) is 4.79 Å². The van der Waals surface area contributed by atoms with Crippen LogP contribution in [0.2, 0.25) is 0 Å². The van der Waals surface area contributed by atoms with Gasteiger partial charge in [-0.1, -0.05) is 20.8 Å². The summed E-state index contributed by atoms with van der Waals surface area (Å²) in [6.07, 6.45) is 0.652. The molecule has 0 aliphatic heterocycles. The zero-order valence-corrected chi connectivity index (χ0v) is 11.6.